The van der Waals surface area contributed by atoms with Crippen LogP contribution < -0.4 is 10.1 Å². The van der Waals surface area contributed by atoms with Crippen LogP contribution in [0.2, 0.25) is 0 Å². The Balaban J connectivity index is 2.62. The van der Waals surface area contributed by atoms with Gasteiger partial charge in [0.15, 0.2) is 5.69 Å². The lowest BCUT2D eigenvalue weighted by molar-refractivity contribution is -0.141. The van der Waals surface area contributed by atoms with E-state index in [0.717, 1.165) is 6.07 Å². The van der Waals surface area contributed by atoms with E-state index in [-0.39, 0.29) is 17.3 Å². The molecule has 0 unspecified atom stereocenters. The van der Waals surface area contributed by atoms with E-state index in [4.69, 9.17) is 4.74 Å². The number of hydrogen-bond acceptors (Lipinski definition) is 5. The predicted molar refractivity (Wildman–Crippen MR) is 66.4 cm³/mol. The Bertz CT molecular complexity index is 616. The summed E-state index contributed by atoms with van der Waals surface area (Å²) in [6, 6.07) is 4.05. The lowest BCUT2D eigenvalue weighted by atomic mass is 10.2. The molecule has 0 aliphatic carbocycles. The number of anilines is 1. The van der Waals surface area contributed by atoms with Gasteiger partial charge < -0.3 is 10.1 Å². The average molecular weight is 284 g/mol. The van der Waals surface area contributed by atoms with E-state index in [1.807, 2.05) is 0 Å². The summed E-state index contributed by atoms with van der Waals surface area (Å²) in [7, 11) is 2.85. The van der Waals surface area contributed by atoms with Crippen molar-refractivity contribution in [1.29, 1.82) is 0 Å². The average Bonchev–Trinajstić information content (AvgIpc) is 2.45. The van der Waals surface area contributed by atoms with Crippen LogP contribution in [0, 0.1) is 0 Å². The van der Waals surface area contributed by atoms with E-state index in [9.17, 15) is 13.2 Å². The van der Waals surface area contributed by atoms with Crippen molar-refractivity contribution in [2.45, 2.75) is 6.18 Å². The molecule has 20 heavy (non-hydrogen) atoms. The van der Waals surface area contributed by atoms with Crippen LogP contribution >= 0.6 is 0 Å². The zero-order valence-corrected chi connectivity index (χ0v) is 10.7. The molecule has 0 bridgehead atoms. The largest absolute Gasteiger partial charge is 0.494 e. The van der Waals surface area contributed by atoms with E-state index >= 15 is 0 Å². The molecule has 0 saturated heterocycles. The van der Waals surface area contributed by atoms with Gasteiger partial charge in [-0.1, -0.05) is 0 Å². The van der Waals surface area contributed by atoms with Crippen LogP contribution in [-0.4, -0.2) is 29.1 Å². The summed E-state index contributed by atoms with van der Waals surface area (Å²) < 4.78 is 43.5. The van der Waals surface area contributed by atoms with Gasteiger partial charge in [0.1, 0.15) is 11.4 Å². The second-order valence-electron chi connectivity index (χ2n) is 3.76. The van der Waals surface area contributed by atoms with Gasteiger partial charge in [0, 0.05) is 13.2 Å². The van der Waals surface area contributed by atoms with Crippen LogP contribution in [0.15, 0.2) is 24.4 Å². The third-order valence-electron chi connectivity index (χ3n) is 2.47. The summed E-state index contributed by atoms with van der Waals surface area (Å²) in [5.41, 5.74) is -0.784. The number of aromatic nitrogens is 3. The molecule has 0 spiro atoms. The molecular weight excluding hydrogens is 273 g/mol. The quantitative estimate of drug-likeness (QED) is 0.938. The fourth-order valence-corrected chi connectivity index (χ4v) is 1.57. The Morgan fingerprint density at radius 2 is 2.00 bits per heavy atom. The van der Waals surface area contributed by atoms with Gasteiger partial charge in [0.25, 0.3) is 0 Å². The number of pyridine rings is 1. The number of hydrogen-bond donors (Lipinski definition) is 1. The number of methoxy groups -OCH3 is 1. The maximum Gasteiger partial charge on any atom is 0.433 e. The van der Waals surface area contributed by atoms with E-state index in [1.165, 1.54) is 20.4 Å². The number of ether oxygens (including phenoxy) is 1. The fraction of sp³-hybridized carbons (Fsp3) is 0.250. The second kappa shape index (κ2) is 5.32. The number of nitrogens with one attached hydrogen (secondary N) is 1. The van der Waals surface area contributed by atoms with Gasteiger partial charge in [0.05, 0.1) is 12.8 Å². The fourth-order valence-electron chi connectivity index (χ4n) is 1.57. The molecule has 0 atom stereocenters. The molecule has 0 radical (unpaired) electrons. The van der Waals surface area contributed by atoms with Gasteiger partial charge in [-0.15, -0.1) is 0 Å². The SMILES string of the molecule is CNc1nc(-c2ncccc2OC)cc(C(F)(F)F)n1. The van der Waals surface area contributed by atoms with Crippen molar-refractivity contribution < 1.29 is 17.9 Å². The van der Waals surface area contributed by atoms with Crippen LogP contribution in [0.3, 0.4) is 0 Å². The molecule has 1 N–H and O–H groups in total. The monoisotopic (exact) mass is 284 g/mol. The Labute approximate surface area is 112 Å². The lowest BCUT2D eigenvalue weighted by Crippen LogP contribution is -2.11. The molecule has 106 valence electrons. The zero-order chi connectivity index (χ0) is 14.8. The summed E-state index contributed by atoms with van der Waals surface area (Å²) >= 11 is 0. The smallest absolute Gasteiger partial charge is 0.433 e. The highest BCUT2D eigenvalue weighted by Gasteiger charge is 2.34. The summed E-state index contributed by atoms with van der Waals surface area (Å²) in [6.45, 7) is 0. The van der Waals surface area contributed by atoms with E-state index in [1.54, 1.807) is 12.1 Å². The molecule has 0 aromatic carbocycles. The molecule has 2 aromatic heterocycles. The Hall–Kier alpha value is -2.38. The minimum absolute atomic E-state index is 0.0362. The van der Waals surface area contributed by atoms with Crippen LogP contribution in [0.4, 0.5) is 19.1 Å². The molecule has 5 nitrogen and oxygen atoms in total. The van der Waals surface area contributed by atoms with Gasteiger partial charge in [-0.3, -0.25) is 4.98 Å². The van der Waals surface area contributed by atoms with Crippen LogP contribution in [0.25, 0.3) is 11.4 Å². The maximum atomic E-state index is 12.8. The normalized spacial score (nSPS) is 11.2. The maximum absolute atomic E-state index is 12.8. The van der Waals surface area contributed by atoms with Crippen molar-refractivity contribution in [2.24, 2.45) is 0 Å². The summed E-state index contributed by atoms with van der Waals surface area (Å²) in [6.07, 6.45) is -3.11. The van der Waals surface area contributed by atoms with Gasteiger partial charge in [0.2, 0.25) is 5.95 Å². The van der Waals surface area contributed by atoms with Crippen molar-refractivity contribution in [3.05, 3.63) is 30.1 Å². The van der Waals surface area contributed by atoms with Crippen molar-refractivity contribution >= 4 is 5.95 Å². The van der Waals surface area contributed by atoms with Crippen molar-refractivity contribution in [3.63, 3.8) is 0 Å². The van der Waals surface area contributed by atoms with Crippen LogP contribution in [-0.2, 0) is 6.18 Å². The van der Waals surface area contributed by atoms with Crippen LogP contribution in [0.5, 0.6) is 5.75 Å². The third kappa shape index (κ3) is 2.79. The molecule has 0 amide bonds. The molecule has 2 aromatic rings. The molecule has 2 rings (SSSR count). The molecule has 0 aliphatic heterocycles. The first-order valence-electron chi connectivity index (χ1n) is 5.59. The predicted octanol–water partition coefficient (Wildman–Crippen LogP) is 2.61. The molecule has 0 saturated carbocycles. The highest BCUT2D eigenvalue weighted by atomic mass is 19.4. The minimum Gasteiger partial charge on any atom is -0.494 e. The topological polar surface area (TPSA) is 59.9 Å². The highest BCUT2D eigenvalue weighted by molar-refractivity contribution is 5.63. The number of rotatable bonds is 3. The standard InChI is InChI=1S/C12H11F3N4O/c1-16-11-18-7(6-9(19-11)12(13,14)15)10-8(20-2)4-3-5-17-10/h3-6H,1-2H3,(H,16,18,19). The van der Waals surface area contributed by atoms with Crippen molar-refractivity contribution in [2.75, 3.05) is 19.5 Å². The van der Waals surface area contributed by atoms with Gasteiger partial charge >= 0.3 is 6.18 Å². The molecule has 2 heterocycles. The minimum atomic E-state index is -4.56. The lowest BCUT2D eigenvalue weighted by Gasteiger charge is -2.11. The number of halogens is 3. The van der Waals surface area contributed by atoms with Gasteiger partial charge in [-0.25, -0.2) is 9.97 Å². The van der Waals surface area contributed by atoms with E-state index in [2.05, 4.69) is 20.3 Å². The summed E-state index contributed by atoms with van der Waals surface area (Å²) in [4.78, 5) is 11.4. The third-order valence-corrected chi connectivity index (χ3v) is 2.47. The summed E-state index contributed by atoms with van der Waals surface area (Å²) in [5, 5.41) is 2.50. The highest BCUT2D eigenvalue weighted by Crippen LogP contribution is 2.32. The van der Waals surface area contributed by atoms with Gasteiger partial charge in [-0.2, -0.15) is 13.2 Å². The number of nitrogens with zero attached hydrogens (tertiary/aromatic N) is 3. The van der Waals surface area contributed by atoms with E-state index in [0.29, 0.717) is 5.75 Å². The Morgan fingerprint density at radius 1 is 1.25 bits per heavy atom. The zero-order valence-electron chi connectivity index (χ0n) is 10.7. The number of alkyl halides is 3. The first-order valence-corrected chi connectivity index (χ1v) is 5.59. The van der Waals surface area contributed by atoms with Crippen LogP contribution in [0.1, 0.15) is 5.69 Å². The molecule has 8 heteroatoms. The van der Waals surface area contributed by atoms with E-state index < -0.39 is 11.9 Å². The first kappa shape index (κ1) is 14.0. The molecule has 0 aliphatic rings. The molecule has 0 fully saturated rings. The molecular formula is C12H11F3N4O. The van der Waals surface area contributed by atoms with Crippen molar-refractivity contribution in [1.82, 2.24) is 15.0 Å². The summed E-state index contributed by atoms with van der Waals surface area (Å²) in [5.74, 6) is 0.198. The Morgan fingerprint density at radius 3 is 2.60 bits per heavy atom. The first-order chi connectivity index (χ1) is 9.45. The van der Waals surface area contributed by atoms with Crippen molar-refractivity contribution in [3.8, 4) is 17.1 Å². The van der Waals surface area contributed by atoms with Gasteiger partial charge in [-0.05, 0) is 18.2 Å². The Kier molecular flexibility index (Phi) is 3.73. The second-order valence-corrected chi connectivity index (χ2v) is 3.76.